The van der Waals surface area contributed by atoms with Crippen LogP contribution in [0.15, 0.2) is 18.3 Å². The van der Waals surface area contributed by atoms with Gasteiger partial charge in [0.05, 0.1) is 5.69 Å². The molecule has 0 saturated carbocycles. The molecule has 0 radical (unpaired) electrons. The Hall–Kier alpha value is -0.600. The number of aryl methyl sites for hydroxylation is 1. The Morgan fingerprint density at radius 3 is 3.19 bits per heavy atom. The SMILES string of the molecule is Cc1cccnc1CN1CCC(CCCl)C1. The number of alkyl halides is 1. The average Bonchev–Trinajstić information content (AvgIpc) is 2.70. The first-order valence-corrected chi connectivity index (χ1v) is 6.52. The molecule has 1 aromatic rings. The number of likely N-dealkylation sites (tertiary alicyclic amines) is 1. The first kappa shape index (κ1) is 11.9. The Kier molecular flexibility index (Phi) is 4.19. The highest BCUT2D eigenvalue weighted by atomic mass is 35.5. The van der Waals surface area contributed by atoms with Crippen LogP contribution in [0.5, 0.6) is 0 Å². The molecule has 1 saturated heterocycles. The van der Waals surface area contributed by atoms with Gasteiger partial charge in [-0.05, 0) is 43.9 Å². The Balaban J connectivity index is 1.90. The highest BCUT2D eigenvalue weighted by Crippen LogP contribution is 2.21. The van der Waals surface area contributed by atoms with Crippen LogP contribution in [0.4, 0.5) is 0 Å². The van der Waals surface area contributed by atoms with Crippen molar-refractivity contribution in [3.63, 3.8) is 0 Å². The highest BCUT2D eigenvalue weighted by molar-refractivity contribution is 6.17. The number of halogens is 1. The summed E-state index contributed by atoms with van der Waals surface area (Å²) in [4.78, 5) is 6.94. The molecule has 2 rings (SSSR count). The maximum atomic E-state index is 5.78. The van der Waals surface area contributed by atoms with Crippen molar-refractivity contribution in [3.8, 4) is 0 Å². The van der Waals surface area contributed by atoms with Gasteiger partial charge in [0.1, 0.15) is 0 Å². The lowest BCUT2D eigenvalue weighted by molar-refractivity contribution is 0.311. The number of rotatable bonds is 4. The van der Waals surface area contributed by atoms with Crippen LogP contribution in [-0.4, -0.2) is 28.9 Å². The number of hydrogen-bond acceptors (Lipinski definition) is 2. The van der Waals surface area contributed by atoms with Gasteiger partial charge >= 0.3 is 0 Å². The van der Waals surface area contributed by atoms with Gasteiger partial charge in [0.2, 0.25) is 0 Å². The predicted octanol–water partition coefficient (Wildman–Crippen LogP) is 2.84. The summed E-state index contributed by atoms with van der Waals surface area (Å²) >= 11 is 5.78. The lowest BCUT2D eigenvalue weighted by atomic mass is 10.1. The minimum atomic E-state index is 0.793. The van der Waals surface area contributed by atoms with Crippen molar-refractivity contribution >= 4 is 11.6 Å². The fourth-order valence-corrected chi connectivity index (χ4v) is 2.65. The molecule has 0 aromatic carbocycles. The van der Waals surface area contributed by atoms with Crippen LogP contribution in [0, 0.1) is 12.8 Å². The van der Waals surface area contributed by atoms with Crippen LogP contribution in [0.2, 0.25) is 0 Å². The van der Waals surface area contributed by atoms with E-state index in [9.17, 15) is 0 Å². The van der Waals surface area contributed by atoms with E-state index < -0.39 is 0 Å². The molecule has 3 heteroatoms. The van der Waals surface area contributed by atoms with Crippen molar-refractivity contribution in [2.24, 2.45) is 5.92 Å². The summed E-state index contributed by atoms with van der Waals surface area (Å²) in [6.45, 7) is 5.50. The first-order valence-electron chi connectivity index (χ1n) is 5.98. The van der Waals surface area contributed by atoms with Gasteiger partial charge in [-0.1, -0.05) is 6.07 Å². The van der Waals surface area contributed by atoms with E-state index in [-0.39, 0.29) is 0 Å². The third-order valence-electron chi connectivity index (χ3n) is 3.38. The topological polar surface area (TPSA) is 16.1 Å². The van der Waals surface area contributed by atoms with Crippen LogP contribution < -0.4 is 0 Å². The molecular formula is C13H19ClN2. The van der Waals surface area contributed by atoms with Gasteiger partial charge in [-0.15, -0.1) is 11.6 Å². The molecule has 1 unspecified atom stereocenters. The second kappa shape index (κ2) is 5.65. The lowest BCUT2D eigenvalue weighted by Gasteiger charge is -2.16. The number of nitrogens with zero attached hydrogens (tertiary/aromatic N) is 2. The van der Waals surface area contributed by atoms with Crippen LogP contribution in [0.3, 0.4) is 0 Å². The van der Waals surface area contributed by atoms with Gasteiger partial charge in [-0.3, -0.25) is 9.88 Å². The Morgan fingerprint density at radius 2 is 2.44 bits per heavy atom. The van der Waals surface area contributed by atoms with Gasteiger partial charge in [0.15, 0.2) is 0 Å². The van der Waals surface area contributed by atoms with E-state index in [4.69, 9.17) is 11.6 Å². The molecule has 1 atom stereocenters. The van der Waals surface area contributed by atoms with E-state index in [1.807, 2.05) is 12.3 Å². The smallest absolute Gasteiger partial charge is 0.0573 e. The molecule has 0 amide bonds. The van der Waals surface area contributed by atoms with Crippen molar-refractivity contribution in [1.82, 2.24) is 9.88 Å². The molecule has 1 fully saturated rings. The van der Waals surface area contributed by atoms with Crippen LogP contribution in [0.1, 0.15) is 24.1 Å². The maximum absolute atomic E-state index is 5.78. The van der Waals surface area contributed by atoms with E-state index in [1.165, 1.54) is 30.8 Å². The second-order valence-corrected chi connectivity index (χ2v) is 5.01. The molecule has 2 nitrogen and oxygen atoms in total. The van der Waals surface area contributed by atoms with Crippen molar-refractivity contribution < 1.29 is 0 Å². The zero-order chi connectivity index (χ0) is 11.4. The Bertz CT molecular complexity index is 340. The van der Waals surface area contributed by atoms with Crippen molar-refractivity contribution in [3.05, 3.63) is 29.6 Å². The summed E-state index contributed by atoms with van der Waals surface area (Å²) in [5.41, 5.74) is 2.51. The average molecular weight is 239 g/mol. The normalized spacial score (nSPS) is 21.5. The van der Waals surface area contributed by atoms with Crippen molar-refractivity contribution in [2.45, 2.75) is 26.3 Å². The molecule has 1 aliphatic heterocycles. The summed E-state index contributed by atoms with van der Waals surface area (Å²) in [6, 6.07) is 4.13. The largest absolute Gasteiger partial charge is 0.297 e. The Morgan fingerprint density at radius 1 is 1.56 bits per heavy atom. The zero-order valence-electron chi connectivity index (χ0n) is 9.82. The molecule has 1 aromatic heterocycles. The summed E-state index contributed by atoms with van der Waals surface area (Å²) in [5, 5.41) is 0. The second-order valence-electron chi connectivity index (χ2n) is 4.63. The summed E-state index contributed by atoms with van der Waals surface area (Å²) in [7, 11) is 0. The number of hydrogen-bond donors (Lipinski definition) is 0. The molecule has 0 bridgehead atoms. The molecule has 0 aliphatic carbocycles. The zero-order valence-corrected chi connectivity index (χ0v) is 10.6. The molecule has 0 N–H and O–H groups in total. The van der Waals surface area contributed by atoms with Crippen molar-refractivity contribution in [1.29, 1.82) is 0 Å². The minimum absolute atomic E-state index is 0.793. The quantitative estimate of drug-likeness (QED) is 0.750. The van der Waals surface area contributed by atoms with E-state index in [0.29, 0.717) is 0 Å². The van der Waals surface area contributed by atoms with Gasteiger partial charge in [0, 0.05) is 25.2 Å². The fourth-order valence-electron chi connectivity index (χ4n) is 2.34. The van der Waals surface area contributed by atoms with Gasteiger partial charge in [0.25, 0.3) is 0 Å². The standard InChI is InChI=1S/C13H19ClN2/c1-11-3-2-7-15-13(11)10-16-8-5-12(9-16)4-6-14/h2-3,7,12H,4-6,8-10H2,1H3. The first-order chi connectivity index (χ1) is 7.79. The van der Waals surface area contributed by atoms with Gasteiger partial charge < -0.3 is 0 Å². The maximum Gasteiger partial charge on any atom is 0.0573 e. The molecule has 1 aliphatic rings. The van der Waals surface area contributed by atoms with E-state index >= 15 is 0 Å². The minimum Gasteiger partial charge on any atom is -0.297 e. The van der Waals surface area contributed by atoms with E-state index in [2.05, 4.69) is 22.9 Å². The summed E-state index contributed by atoms with van der Waals surface area (Å²) < 4.78 is 0. The van der Waals surface area contributed by atoms with Gasteiger partial charge in [-0.25, -0.2) is 0 Å². The predicted molar refractivity (Wildman–Crippen MR) is 67.7 cm³/mol. The molecule has 2 heterocycles. The fraction of sp³-hybridized carbons (Fsp3) is 0.615. The number of pyridine rings is 1. The third-order valence-corrected chi connectivity index (χ3v) is 3.60. The molecular weight excluding hydrogens is 220 g/mol. The molecule has 0 spiro atoms. The summed E-state index contributed by atoms with van der Waals surface area (Å²) in [5.74, 6) is 1.59. The molecule has 16 heavy (non-hydrogen) atoms. The summed E-state index contributed by atoms with van der Waals surface area (Å²) in [6.07, 6.45) is 4.33. The van der Waals surface area contributed by atoms with Crippen LogP contribution >= 0.6 is 11.6 Å². The lowest BCUT2D eigenvalue weighted by Crippen LogP contribution is -2.21. The van der Waals surface area contributed by atoms with Crippen LogP contribution in [-0.2, 0) is 6.54 Å². The van der Waals surface area contributed by atoms with E-state index in [0.717, 1.165) is 24.8 Å². The van der Waals surface area contributed by atoms with Gasteiger partial charge in [-0.2, -0.15) is 0 Å². The number of aromatic nitrogens is 1. The third kappa shape index (κ3) is 2.96. The van der Waals surface area contributed by atoms with E-state index in [1.54, 1.807) is 0 Å². The monoisotopic (exact) mass is 238 g/mol. The van der Waals surface area contributed by atoms with Crippen LogP contribution in [0.25, 0.3) is 0 Å². The molecule has 88 valence electrons. The Labute approximate surface area is 103 Å². The van der Waals surface area contributed by atoms with Crippen molar-refractivity contribution in [2.75, 3.05) is 19.0 Å². The highest BCUT2D eigenvalue weighted by Gasteiger charge is 2.22.